The van der Waals surface area contributed by atoms with Gasteiger partial charge in [0.05, 0.1) is 0 Å². The Morgan fingerprint density at radius 1 is 0.328 bits per heavy atom. The topological polar surface area (TPSA) is 78.9 Å². The molecule has 0 fully saturated rings. The van der Waals surface area contributed by atoms with Crippen LogP contribution in [-0.4, -0.2) is 37.2 Å². The highest BCUT2D eigenvalue weighted by Crippen LogP contribution is 2.16. The van der Waals surface area contributed by atoms with Gasteiger partial charge in [0.25, 0.3) is 0 Å². The number of hydrogen-bond acceptors (Lipinski definition) is 6. The van der Waals surface area contributed by atoms with E-state index in [0.717, 1.165) is 83.5 Å². The first kappa shape index (κ1) is 61.6. The SMILES string of the molecule is CC/C=C\C/C=C\CCCCC(=O)OCC(COC(=O)CCCCCCCCCCCCCCCCCCCCC)OC(=O)CCCCCCC/C=C\CCCCCCCCCCC. The second kappa shape index (κ2) is 53.2. The van der Waals surface area contributed by atoms with Gasteiger partial charge in [-0.05, 0) is 70.6 Å². The Labute approximate surface area is 397 Å². The minimum absolute atomic E-state index is 0.0824. The predicted molar refractivity (Wildman–Crippen MR) is 275 cm³/mol. The number of allylic oxidation sites excluding steroid dienone is 6. The Morgan fingerprint density at radius 3 is 0.984 bits per heavy atom. The standard InChI is InChI=1S/C58H106O6/c1-4-7-10-13-16-19-21-23-25-27-29-31-32-34-36-39-42-45-48-51-57(60)63-54-55(53-62-56(59)50-47-44-41-38-18-15-12-9-6-3)64-58(61)52-49-46-43-40-37-35-33-30-28-26-24-22-20-17-14-11-8-5-2/h9,12,18,30,33,38,55H,4-8,10-11,13-17,19-29,31-32,34-37,39-54H2,1-3H3/b12-9-,33-30-,38-18-. The second-order valence-corrected chi connectivity index (χ2v) is 18.8. The van der Waals surface area contributed by atoms with Gasteiger partial charge in [0, 0.05) is 19.3 Å². The summed E-state index contributed by atoms with van der Waals surface area (Å²) in [5.41, 5.74) is 0. The van der Waals surface area contributed by atoms with Crippen LogP contribution in [0.4, 0.5) is 0 Å². The van der Waals surface area contributed by atoms with E-state index >= 15 is 0 Å². The van der Waals surface area contributed by atoms with Crippen LogP contribution in [0.3, 0.4) is 0 Å². The summed E-state index contributed by atoms with van der Waals surface area (Å²) >= 11 is 0. The molecule has 0 N–H and O–H groups in total. The molecule has 0 aliphatic rings. The molecule has 0 amide bonds. The monoisotopic (exact) mass is 899 g/mol. The molecule has 0 bridgehead atoms. The first-order valence-electron chi connectivity index (χ1n) is 28.0. The highest BCUT2D eigenvalue weighted by molar-refractivity contribution is 5.71. The fourth-order valence-electron chi connectivity index (χ4n) is 8.18. The number of carbonyl (C=O) groups is 3. The molecule has 6 heteroatoms. The zero-order chi connectivity index (χ0) is 46.5. The second-order valence-electron chi connectivity index (χ2n) is 18.8. The molecule has 0 aromatic carbocycles. The molecule has 1 atom stereocenters. The summed E-state index contributed by atoms with van der Waals surface area (Å²) in [5.74, 6) is -0.915. The molecule has 1 unspecified atom stereocenters. The summed E-state index contributed by atoms with van der Waals surface area (Å²) in [6, 6.07) is 0. The van der Waals surface area contributed by atoms with E-state index in [1.54, 1.807) is 0 Å². The number of ether oxygens (including phenoxy) is 3. The van der Waals surface area contributed by atoms with Crippen LogP contribution in [0.1, 0.15) is 297 Å². The van der Waals surface area contributed by atoms with E-state index in [9.17, 15) is 14.4 Å². The molecule has 0 saturated carbocycles. The normalized spacial score (nSPS) is 12.2. The lowest BCUT2D eigenvalue weighted by atomic mass is 10.0. The van der Waals surface area contributed by atoms with Gasteiger partial charge in [-0.2, -0.15) is 0 Å². The number of esters is 3. The van der Waals surface area contributed by atoms with Crippen LogP contribution in [0, 0.1) is 0 Å². The summed E-state index contributed by atoms with van der Waals surface area (Å²) in [5, 5.41) is 0. The van der Waals surface area contributed by atoms with Gasteiger partial charge >= 0.3 is 17.9 Å². The first-order chi connectivity index (χ1) is 31.5. The maximum absolute atomic E-state index is 12.8. The Kier molecular flexibility index (Phi) is 51.3. The van der Waals surface area contributed by atoms with Crippen LogP contribution in [0.25, 0.3) is 0 Å². The average molecular weight is 899 g/mol. The molecule has 0 rings (SSSR count). The Morgan fingerprint density at radius 2 is 0.609 bits per heavy atom. The van der Waals surface area contributed by atoms with Crippen molar-refractivity contribution in [2.24, 2.45) is 0 Å². The molecule has 0 aliphatic carbocycles. The zero-order valence-electron chi connectivity index (χ0n) is 42.8. The Hall–Kier alpha value is -2.37. The van der Waals surface area contributed by atoms with E-state index in [-0.39, 0.29) is 31.1 Å². The van der Waals surface area contributed by atoms with E-state index in [4.69, 9.17) is 14.2 Å². The van der Waals surface area contributed by atoms with Crippen molar-refractivity contribution in [1.82, 2.24) is 0 Å². The molecule has 374 valence electrons. The maximum Gasteiger partial charge on any atom is 0.306 e. The zero-order valence-corrected chi connectivity index (χ0v) is 42.8. The predicted octanol–water partition coefficient (Wildman–Crippen LogP) is 18.5. The van der Waals surface area contributed by atoms with Crippen molar-refractivity contribution in [1.29, 1.82) is 0 Å². The molecule has 64 heavy (non-hydrogen) atoms. The third-order valence-electron chi connectivity index (χ3n) is 12.4. The van der Waals surface area contributed by atoms with Crippen LogP contribution in [0.2, 0.25) is 0 Å². The van der Waals surface area contributed by atoms with E-state index < -0.39 is 6.10 Å². The molecular weight excluding hydrogens is 793 g/mol. The average Bonchev–Trinajstić information content (AvgIpc) is 3.29. The Balaban J connectivity index is 4.26. The molecule has 0 aromatic rings. The number of rotatable bonds is 51. The van der Waals surface area contributed by atoms with Crippen molar-refractivity contribution in [3.8, 4) is 0 Å². The third kappa shape index (κ3) is 50.6. The van der Waals surface area contributed by atoms with Crippen LogP contribution in [0.15, 0.2) is 36.5 Å². The van der Waals surface area contributed by atoms with Crippen molar-refractivity contribution in [2.75, 3.05) is 13.2 Å². The smallest absolute Gasteiger partial charge is 0.306 e. The Bertz CT molecular complexity index is 1080. The van der Waals surface area contributed by atoms with E-state index in [0.29, 0.717) is 19.3 Å². The summed E-state index contributed by atoms with van der Waals surface area (Å²) in [6.45, 7) is 6.52. The van der Waals surface area contributed by atoms with E-state index in [1.165, 1.54) is 173 Å². The lowest BCUT2D eigenvalue weighted by molar-refractivity contribution is -0.167. The van der Waals surface area contributed by atoms with Crippen LogP contribution < -0.4 is 0 Å². The van der Waals surface area contributed by atoms with Crippen molar-refractivity contribution in [3.05, 3.63) is 36.5 Å². The van der Waals surface area contributed by atoms with E-state index in [1.807, 2.05) is 0 Å². The largest absolute Gasteiger partial charge is 0.462 e. The molecule has 0 spiro atoms. The lowest BCUT2D eigenvalue weighted by Crippen LogP contribution is -2.30. The lowest BCUT2D eigenvalue weighted by Gasteiger charge is -2.18. The fraction of sp³-hybridized carbons (Fsp3) is 0.845. The fourth-order valence-corrected chi connectivity index (χ4v) is 8.18. The maximum atomic E-state index is 12.8. The molecule has 0 saturated heterocycles. The summed E-state index contributed by atoms with van der Waals surface area (Å²) in [4.78, 5) is 38.0. The van der Waals surface area contributed by atoms with Gasteiger partial charge in [-0.3, -0.25) is 14.4 Å². The van der Waals surface area contributed by atoms with Gasteiger partial charge in [-0.1, -0.05) is 243 Å². The summed E-state index contributed by atoms with van der Waals surface area (Å²) < 4.78 is 16.8. The van der Waals surface area contributed by atoms with Crippen LogP contribution in [-0.2, 0) is 28.6 Å². The highest BCUT2D eigenvalue weighted by atomic mass is 16.6. The van der Waals surface area contributed by atoms with Crippen molar-refractivity contribution in [2.45, 2.75) is 303 Å². The van der Waals surface area contributed by atoms with Gasteiger partial charge in [0.2, 0.25) is 0 Å². The van der Waals surface area contributed by atoms with Crippen molar-refractivity contribution in [3.63, 3.8) is 0 Å². The quantitative estimate of drug-likeness (QED) is 0.0262. The highest BCUT2D eigenvalue weighted by Gasteiger charge is 2.19. The van der Waals surface area contributed by atoms with Gasteiger partial charge in [-0.15, -0.1) is 0 Å². The van der Waals surface area contributed by atoms with Crippen molar-refractivity contribution < 1.29 is 28.6 Å². The van der Waals surface area contributed by atoms with E-state index in [2.05, 4.69) is 57.2 Å². The van der Waals surface area contributed by atoms with Crippen LogP contribution >= 0.6 is 0 Å². The third-order valence-corrected chi connectivity index (χ3v) is 12.4. The van der Waals surface area contributed by atoms with Gasteiger partial charge < -0.3 is 14.2 Å². The van der Waals surface area contributed by atoms with Gasteiger partial charge in [0.15, 0.2) is 6.10 Å². The number of carbonyl (C=O) groups excluding carboxylic acids is 3. The van der Waals surface area contributed by atoms with Gasteiger partial charge in [0.1, 0.15) is 13.2 Å². The molecular formula is C58H106O6. The number of unbranched alkanes of at least 4 members (excludes halogenated alkanes) is 34. The van der Waals surface area contributed by atoms with Crippen LogP contribution in [0.5, 0.6) is 0 Å². The molecule has 0 heterocycles. The first-order valence-corrected chi connectivity index (χ1v) is 28.0. The molecule has 6 nitrogen and oxygen atoms in total. The minimum Gasteiger partial charge on any atom is -0.462 e. The molecule has 0 aliphatic heterocycles. The molecule has 0 radical (unpaired) electrons. The summed E-state index contributed by atoms with van der Waals surface area (Å²) in [6.07, 6.45) is 63.0. The molecule has 0 aromatic heterocycles. The summed E-state index contributed by atoms with van der Waals surface area (Å²) in [7, 11) is 0. The van der Waals surface area contributed by atoms with Crippen molar-refractivity contribution >= 4 is 17.9 Å². The number of hydrogen-bond donors (Lipinski definition) is 0. The minimum atomic E-state index is -0.785. The van der Waals surface area contributed by atoms with Gasteiger partial charge in [-0.25, -0.2) is 0 Å².